The summed E-state index contributed by atoms with van der Waals surface area (Å²) in [4.78, 5) is 3.49. The zero-order valence-corrected chi connectivity index (χ0v) is 9.60. The molecule has 0 spiro atoms. The van der Waals surface area contributed by atoms with Crippen LogP contribution in [0, 0.1) is 12.5 Å². The lowest BCUT2D eigenvalue weighted by molar-refractivity contribution is 0.427. The predicted octanol–water partition coefficient (Wildman–Crippen LogP) is 4.09. The van der Waals surface area contributed by atoms with Crippen LogP contribution < -0.4 is 0 Å². The smallest absolute Gasteiger partial charge is 0.224 e. The van der Waals surface area contributed by atoms with Gasteiger partial charge in [0.15, 0.2) is 0 Å². The van der Waals surface area contributed by atoms with Crippen LogP contribution in [0.25, 0.3) is 15.8 Å². The average molecular weight is 213 g/mol. The van der Waals surface area contributed by atoms with Gasteiger partial charge in [-0.3, -0.25) is 0 Å². The Morgan fingerprint density at radius 2 is 2.06 bits per heavy atom. The van der Waals surface area contributed by atoms with Crippen molar-refractivity contribution in [3.05, 3.63) is 47.5 Å². The fourth-order valence-electron chi connectivity index (χ4n) is 1.91. The SMILES string of the molecule is [C-]#[N+]CC(c1cc2ccccc2o1)C(C)C. The summed E-state index contributed by atoms with van der Waals surface area (Å²) in [5, 5.41) is 1.12. The maximum absolute atomic E-state index is 6.99. The van der Waals surface area contributed by atoms with Crippen LogP contribution >= 0.6 is 0 Å². The van der Waals surface area contributed by atoms with Crippen molar-refractivity contribution in [3.8, 4) is 0 Å². The topological polar surface area (TPSA) is 17.5 Å². The monoisotopic (exact) mass is 213 g/mol. The van der Waals surface area contributed by atoms with E-state index in [1.165, 1.54) is 0 Å². The highest BCUT2D eigenvalue weighted by Crippen LogP contribution is 2.30. The molecule has 2 nitrogen and oxygen atoms in total. The Bertz CT molecular complexity index is 486. The summed E-state index contributed by atoms with van der Waals surface area (Å²) < 4.78 is 5.80. The molecule has 0 saturated carbocycles. The van der Waals surface area contributed by atoms with E-state index in [1.54, 1.807) is 0 Å². The fraction of sp³-hybridized carbons (Fsp3) is 0.357. The van der Waals surface area contributed by atoms with Crippen LogP contribution in [-0.2, 0) is 0 Å². The molecular weight excluding hydrogens is 198 g/mol. The molecule has 0 aliphatic heterocycles. The highest BCUT2D eigenvalue weighted by molar-refractivity contribution is 5.77. The lowest BCUT2D eigenvalue weighted by Gasteiger charge is -2.11. The molecule has 1 unspecified atom stereocenters. The minimum absolute atomic E-state index is 0.199. The molecule has 2 aromatic rings. The number of hydrogen-bond acceptors (Lipinski definition) is 1. The Hall–Kier alpha value is -1.75. The van der Waals surface area contributed by atoms with Gasteiger partial charge in [-0.05, 0) is 18.1 Å². The third-order valence-electron chi connectivity index (χ3n) is 2.90. The normalized spacial score (nSPS) is 12.9. The first-order chi connectivity index (χ1) is 7.72. The summed E-state index contributed by atoms with van der Waals surface area (Å²) >= 11 is 0. The standard InChI is InChI=1S/C14H15NO/c1-10(2)12(9-15-3)14-8-11-6-4-5-7-13(11)16-14/h4-8,10,12H,9H2,1-2H3. The first kappa shape index (κ1) is 10.8. The number of hydrogen-bond donors (Lipinski definition) is 0. The molecule has 82 valence electrons. The molecule has 1 atom stereocenters. The lowest BCUT2D eigenvalue weighted by Crippen LogP contribution is -2.08. The van der Waals surface area contributed by atoms with Crippen LogP contribution in [0.15, 0.2) is 34.7 Å². The Balaban J connectivity index is 2.41. The van der Waals surface area contributed by atoms with Crippen LogP contribution in [0.5, 0.6) is 0 Å². The molecule has 2 heteroatoms. The van der Waals surface area contributed by atoms with E-state index in [0.717, 1.165) is 16.7 Å². The van der Waals surface area contributed by atoms with Crippen molar-refractivity contribution >= 4 is 11.0 Å². The van der Waals surface area contributed by atoms with E-state index in [1.807, 2.05) is 24.3 Å². The molecule has 0 fully saturated rings. The van der Waals surface area contributed by atoms with E-state index >= 15 is 0 Å². The molecule has 0 aliphatic rings. The maximum Gasteiger partial charge on any atom is 0.224 e. The zero-order valence-electron chi connectivity index (χ0n) is 9.60. The quantitative estimate of drug-likeness (QED) is 0.702. The van der Waals surface area contributed by atoms with Gasteiger partial charge in [0.1, 0.15) is 11.3 Å². The minimum Gasteiger partial charge on any atom is -0.460 e. The molecule has 1 aromatic carbocycles. The lowest BCUT2D eigenvalue weighted by atomic mass is 9.93. The molecule has 2 rings (SSSR count). The van der Waals surface area contributed by atoms with Crippen LogP contribution in [0.3, 0.4) is 0 Å². The Morgan fingerprint density at radius 1 is 1.31 bits per heavy atom. The zero-order chi connectivity index (χ0) is 11.5. The van der Waals surface area contributed by atoms with Gasteiger partial charge in [-0.1, -0.05) is 32.0 Å². The Kier molecular flexibility index (Phi) is 2.96. The van der Waals surface area contributed by atoms with E-state index in [-0.39, 0.29) is 5.92 Å². The molecule has 16 heavy (non-hydrogen) atoms. The van der Waals surface area contributed by atoms with Crippen molar-refractivity contribution in [2.75, 3.05) is 6.54 Å². The molecule has 1 aromatic heterocycles. The van der Waals surface area contributed by atoms with Gasteiger partial charge in [-0.25, -0.2) is 6.57 Å². The number of rotatable bonds is 3. The van der Waals surface area contributed by atoms with E-state index in [0.29, 0.717) is 12.5 Å². The minimum atomic E-state index is 0.199. The number of benzene rings is 1. The Labute approximate surface area is 95.7 Å². The van der Waals surface area contributed by atoms with Crippen molar-refractivity contribution in [3.63, 3.8) is 0 Å². The maximum atomic E-state index is 6.99. The second-order valence-electron chi connectivity index (χ2n) is 4.38. The molecule has 0 radical (unpaired) electrons. The summed E-state index contributed by atoms with van der Waals surface area (Å²) in [5.74, 6) is 1.56. The van der Waals surface area contributed by atoms with Crippen molar-refractivity contribution in [1.29, 1.82) is 0 Å². The largest absolute Gasteiger partial charge is 0.460 e. The fourth-order valence-corrected chi connectivity index (χ4v) is 1.91. The molecule has 1 heterocycles. The number of para-hydroxylation sites is 1. The van der Waals surface area contributed by atoms with Crippen LogP contribution in [-0.4, -0.2) is 6.54 Å². The summed E-state index contributed by atoms with van der Waals surface area (Å²) in [6.45, 7) is 11.7. The summed E-state index contributed by atoms with van der Waals surface area (Å²) in [6.07, 6.45) is 0. The van der Waals surface area contributed by atoms with Crippen molar-refractivity contribution < 1.29 is 4.42 Å². The van der Waals surface area contributed by atoms with E-state index in [4.69, 9.17) is 11.0 Å². The molecule has 0 N–H and O–H groups in total. The highest BCUT2D eigenvalue weighted by Gasteiger charge is 2.22. The average Bonchev–Trinajstić information content (AvgIpc) is 2.68. The van der Waals surface area contributed by atoms with Gasteiger partial charge >= 0.3 is 0 Å². The molecule has 0 aliphatic carbocycles. The van der Waals surface area contributed by atoms with Crippen LogP contribution in [0.1, 0.15) is 25.5 Å². The number of furan rings is 1. The van der Waals surface area contributed by atoms with Crippen molar-refractivity contribution in [2.24, 2.45) is 5.92 Å². The van der Waals surface area contributed by atoms with E-state index in [9.17, 15) is 0 Å². The molecule has 0 amide bonds. The molecule has 0 saturated heterocycles. The van der Waals surface area contributed by atoms with Crippen molar-refractivity contribution in [1.82, 2.24) is 0 Å². The summed E-state index contributed by atoms with van der Waals surface area (Å²) in [5.41, 5.74) is 0.910. The van der Waals surface area contributed by atoms with Gasteiger partial charge in [0.2, 0.25) is 6.54 Å². The van der Waals surface area contributed by atoms with Gasteiger partial charge in [-0.15, -0.1) is 0 Å². The number of nitrogens with zero attached hydrogens (tertiary/aromatic N) is 1. The summed E-state index contributed by atoms with van der Waals surface area (Å²) in [6, 6.07) is 10.0. The molecular formula is C14H15NO. The van der Waals surface area contributed by atoms with Crippen LogP contribution in [0.2, 0.25) is 0 Å². The summed E-state index contributed by atoms with van der Waals surface area (Å²) in [7, 11) is 0. The van der Waals surface area contributed by atoms with Crippen molar-refractivity contribution in [2.45, 2.75) is 19.8 Å². The first-order valence-electron chi connectivity index (χ1n) is 5.54. The Morgan fingerprint density at radius 3 is 2.69 bits per heavy atom. The third-order valence-corrected chi connectivity index (χ3v) is 2.90. The van der Waals surface area contributed by atoms with Gasteiger partial charge in [0.05, 0.1) is 5.92 Å². The van der Waals surface area contributed by atoms with Gasteiger partial charge < -0.3 is 9.26 Å². The van der Waals surface area contributed by atoms with Crippen LogP contribution in [0.4, 0.5) is 0 Å². The number of fused-ring (bicyclic) bond motifs is 1. The van der Waals surface area contributed by atoms with Gasteiger partial charge in [-0.2, -0.15) is 0 Å². The second kappa shape index (κ2) is 4.40. The predicted molar refractivity (Wildman–Crippen MR) is 65.3 cm³/mol. The second-order valence-corrected chi connectivity index (χ2v) is 4.38. The first-order valence-corrected chi connectivity index (χ1v) is 5.54. The van der Waals surface area contributed by atoms with Gasteiger partial charge in [0.25, 0.3) is 0 Å². The van der Waals surface area contributed by atoms with E-state index < -0.39 is 0 Å². The van der Waals surface area contributed by atoms with Gasteiger partial charge in [0, 0.05) is 5.39 Å². The third kappa shape index (κ3) is 1.94. The highest BCUT2D eigenvalue weighted by atomic mass is 16.3. The molecule has 0 bridgehead atoms. The van der Waals surface area contributed by atoms with E-state index in [2.05, 4.69) is 24.8 Å².